The third-order valence-corrected chi connectivity index (χ3v) is 3.49. The zero-order valence-corrected chi connectivity index (χ0v) is 10.9. The Labute approximate surface area is 105 Å². The van der Waals surface area contributed by atoms with Gasteiger partial charge in [-0.3, -0.25) is 0 Å². The van der Waals surface area contributed by atoms with E-state index in [9.17, 15) is 5.11 Å². The van der Waals surface area contributed by atoms with Crippen LogP contribution in [0.15, 0.2) is 34.8 Å². The Bertz CT molecular complexity index is 401. The normalized spacial score (nSPS) is 17.6. The Balaban J connectivity index is 2.25. The summed E-state index contributed by atoms with van der Waals surface area (Å²) in [7, 11) is 0. The van der Waals surface area contributed by atoms with Crippen LogP contribution in [0, 0.1) is 0 Å². The molecule has 1 N–H and O–H groups in total. The Kier molecular flexibility index (Phi) is 3.66. The van der Waals surface area contributed by atoms with Gasteiger partial charge >= 0.3 is 0 Å². The molecular weight excluding hydrogens is 266 g/mol. The monoisotopic (exact) mass is 281 g/mol. The minimum absolute atomic E-state index is 0.411. The van der Waals surface area contributed by atoms with Crippen LogP contribution in [-0.4, -0.2) is 18.2 Å². The molecule has 1 atom stereocenters. The van der Waals surface area contributed by atoms with Gasteiger partial charge in [0.1, 0.15) is 0 Å². The average Bonchev–Trinajstić information content (AvgIpc) is 2.30. The number of halogens is 1. The van der Waals surface area contributed by atoms with Gasteiger partial charge in [-0.05, 0) is 47.0 Å². The van der Waals surface area contributed by atoms with Crippen LogP contribution in [0.25, 0.3) is 0 Å². The molecule has 0 bridgehead atoms. The molecule has 0 spiro atoms. The van der Waals surface area contributed by atoms with Crippen molar-refractivity contribution in [1.29, 1.82) is 0 Å². The van der Waals surface area contributed by atoms with Crippen LogP contribution >= 0.6 is 15.9 Å². The van der Waals surface area contributed by atoms with Gasteiger partial charge in [0.2, 0.25) is 0 Å². The molecule has 2 rings (SSSR count). The van der Waals surface area contributed by atoms with Crippen LogP contribution in [0.1, 0.15) is 25.0 Å². The van der Waals surface area contributed by atoms with Crippen molar-refractivity contribution in [3.63, 3.8) is 0 Å². The Morgan fingerprint density at radius 3 is 2.75 bits per heavy atom. The van der Waals surface area contributed by atoms with Crippen molar-refractivity contribution < 1.29 is 5.11 Å². The fourth-order valence-corrected chi connectivity index (χ4v) is 2.55. The predicted molar refractivity (Wildman–Crippen MR) is 70.7 cm³/mol. The van der Waals surface area contributed by atoms with Crippen molar-refractivity contribution in [2.75, 3.05) is 18.0 Å². The number of benzene rings is 1. The first-order chi connectivity index (χ1) is 7.68. The molecule has 1 heterocycles. The van der Waals surface area contributed by atoms with Crippen molar-refractivity contribution in [1.82, 2.24) is 0 Å². The van der Waals surface area contributed by atoms with Crippen molar-refractivity contribution in [3.05, 3.63) is 40.4 Å². The van der Waals surface area contributed by atoms with Crippen molar-refractivity contribution in [2.45, 2.75) is 19.4 Å². The molecule has 1 unspecified atom stereocenters. The highest BCUT2D eigenvalue weighted by Crippen LogP contribution is 2.30. The molecule has 1 aliphatic heterocycles. The SMILES string of the molecule is CC(O)c1ccc(N2CC=CCC2)c(Br)c1. The highest BCUT2D eigenvalue weighted by Gasteiger charge is 2.12. The second kappa shape index (κ2) is 5.02. The fraction of sp³-hybridized carbons (Fsp3) is 0.385. The summed E-state index contributed by atoms with van der Waals surface area (Å²) in [6, 6.07) is 6.06. The average molecular weight is 282 g/mol. The van der Waals surface area contributed by atoms with Gasteiger partial charge in [-0.2, -0.15) is 0 Å². The number of hydrogen-bond acceptors (Lipinski definition) is 2. The summed E-state index contributed by atoms with van der Waals surface area (Å²) < 4.78 is 1.06. The highest BCUT2D eigenvalue weighted by molar-refractivity contribution is 9.10. The Morgan fingerprint density at radius 2 is 2.19 bits per heavy atom. The van der Waals surface area contributed by atoms with Gasteiger partial charge in [-0.1, -0.05) is 18.2 Å². The number of aliphatic hydroxyl groups excluding tert-OH is 1. The molecule has 3 heteroatoms. The molecular formula is C13H16BrNO. The summed E-state index contributed by atoms with van der Waals surface area (Å²) in [6.07, 6.45) is 5.10. The number of rotatable bonds is 2. The molecule has 2 nitrogen and oxygen atoms in total. The minimum atomic E-state index is -0.411. The first-order valence-corrected chi connectivity index (χ1v) is 6.35. The first-order valence-electron chi connectivity index (χ1n) is 5.56. The second-order valence-electron chi connectivity index (χ2n) is 4.09. The molecule has 0 saturated carbocycles. The molecule has 0 aliphatic carbocycles. The third-order valence-electron chi connectivity index (χ3n) is 2.85. The van der Waals surface area contributed by atoms with Crippen LogP contribution in [0.4, 0.5) is 5.69 Å². The lowest BCUT2D eigenvalue weighted by Gasteiger charge is -2.27. The van der Waals surface area contributed by atoms with Crippen LogP contribution in [0.5, 0.6) is 0 Å². The van der Waals surface area contributed by atoms with Gasteiger partial charge in [0.05, 0.1) is 11.8 Å². The van der Waals surface area contributed by atoms with Gasteiger partial charge in [-0.25, -0.2) is 0 Å². The number of anilines is 1. The van der Waals surface area contributed by atoms with Crippen LogP contribution in [0.2, 0.25) is 0 Å². The van der Waals surface area contributed by atoms with Crippen molar-refractivity contribution in [2.24, 2.45) is 0 Å². The molecule has 0 amide bonds. The Morgan fingerprint density at radius 1 is 1.38 bits per heavy atom. The molecule has 0 radical (unpaired) electrons. The van der Waals surface area contributed by atoms with E-state index in [1.807, 2.05) is 12.1 Å². The lowest BCUT2D eigenvalue weighted by molar-refractivity contribution is 0.199. The lowest BCUT2D eigenvalue weighted by Crippen LogP contribution is -2.27. The summed E-state index contributed by atoms with van der Waals surface area (Å²) in [6.45, 7) is 3.81. The van der Waals surface area contributed by atoms with E-state index in [0.717, 1.165) is 29.5 Å². The molecule has 16 heavy (non-hydrogen) atoms. The molecule has 0 fully saturated rings. The van der Waals surface area contributed by atoms with E-state index in [-0.39, 0.29) is 0 Å². The van der Waals surface area contributed by atoms with Gasteiger partial charge in [-0.15, -0.1) is 0 Å². The van der Waals surface area contributed by atoms with Gasteiger partial charge in [0.25, 0.3) is 0 Å². The Hall–Kier alpha value is -0.800. The van der Waals surface area contributed by atoms with Crippen molar-refractivity contribution >= 4 is 21.6 Å². The zero-order valence-electron chi connectivity index (χ0n) is 9.36. The van der Waals surface area contributed by atoms with Gasteiger partial charge in [0.15, 0.2) is 0 Å². The summed E-state index contributed by atoms with van der Waals surface area (Å²) in [5, 5.41) is 9.50. The maximum absolute atomic E-state index is 9.50. The van der Waals surface area contributed by atoms with Crippen LogP contribution in [0.3, 0.4) is 0 Å². The molecule has 86 valence electrons. The van der Waals surface area contributed by atoms with Gasteiger partial charge in [0, 0.05) is 17.6 Å². The number of nitrogens with zero attached hydrogens (tertiary/aromatic N) is 1. The molecule has 0 saturated heterocycles. The molecule has 0 aromatic heterocycles. The molecule has 1 aromatic rings. The molecule has 1 aliphatic rings. The smallest absolute Gasteiger partial charge is 0.0762 e. The van der Waals surface area contributed by atoms with E-state index in [4.69, 9.17) is 0 Å². The minimum Gasteiger partial charge on any atom is -0.389 e. The number of aliphatic hydroxyl groups is 1. The third kappa shape index (κ3) is 2.47. The van der Waals surface area contributed by atoms with E-state index in [1.54, 1.807) is 6.92 Å². The number of hydrogen-bond donors (Lipinski definition) is 1. The van der Waals surface area contributed by atoms with E-state index >= 15 is 0 Å². The van der Waals surface area contributed by atoms with Crippen molar-refractivity contribution in [3.8, 4) is 0 Å². The summed E-state index contributed by atoms with van der Waals surface area (Å²) in [4.78, 5) is 2.33. The van der Waals surface area contributed by atoms with E-state index in [2.05, 4.69) is 39.0 Å². The quantitative estimate of drug-likeness (QED) is 0.841. The summed E-state index contributed by atoms with van der Waals surface area (Å²) >= 11 is 3.57. The van der Waals surface area contributed by atoms with E-state index < -0.39 is 6.10 Å². The highest BCUT2D eigenvalue weighted by atomic mass is 79.9. The standard InChI is InChI=1S/C13H16BrNO/c1-10(16)11-5-6-13(12(14)9-11)15-7-3-2-4-8-15/h2-3,5-6,9-10,16H,4,7-8H2,1H3. The molecule has 1 aromatic carbocycles. The van der Waals surface area contributed by atoms with E-state index in [1.165, 1.54) is 5.69 Å². The summed E-state index contributed by atoms with van der Waals surface area (Å²) in [5.41, 5.74) is 2.15. The maximum atomic E-state index is 9.50. The van der Waals surface area contributed by atoms with E-state index in [0.29, 0.717) is 0 Å². The van der Waals surface area contributed by atoms with Gasteiger partial charge < -0.3 is 10.0 Å². The maximum Gasteiger partial charge on any atom is 0.0762 e. The zero-order chi connectivity index (χ0) is 11.5. The largest absolute Gasteiger partial charge is 0.389 e. The van der Waals surface area contributed by atoms with Crippen LogP contribution < -0.4 is 4.90 Å². The lowest BCUT2D eigenvalue weighted by atomic mass is 10.1. The second-order valence-corrected chi connectivity index (χ2v) is 4.95. The first kappa shape index (κ1) is 11.7. The predicted octanol–water partition coefficient (Wildman–Crippen LogP) is 3.27. The topological polar surface area (TPSA) is 23.5 Å². The fourth-order valence-electron chi connectivity index (χ4n) is 1.90. The summed E-state index contributed by atoms with van der Waals surface area (Å²) in [5.74, 6) is 0. The van der Waals surface area contributed by atoms with Crippen LogP contribution in [-0.2, 0) is 0 Å².